The number of benzene rings is 2. The van der Waals surface area contributed by atoms with Gasteiger partial charge in [0.25, 0.3) is 5.89 Å². The average Bonchev–Trinajstić information content (AvgIpc) is 3.38. The fourth-order valence-electron chi connectivity index (χ4n) is 2.97. The normalized spacial score (nSPS) is 12.2. The lowest BCUT2D eigenvalue weighted by molar-refractivity contribution is -0.137. The monoisotopic (exact) mass is 479 g/mol. The first-order chi connectivity index (χ1) is 15.5. The highest BCUT2D eigenvalue weighted by atomic mass is 32.2. The quantitative estimate of drug-likeness (QED) is 0.449. The lowest BCUT2D eigenvalue weighted by atomic mass is 10.2. The molecule has 33 heavy (non-hydrogen) atoms. The van der Waals surface area contributed by atoms with E-state index in [1.54, 1.807) is 13.1 Å². The first-order valence-corrected chi connectivity index (χ1v) is 10.9. The first kappa shape index (κ1) is 22.5. The molecule has 2 aromatic heterocycles. The summed E-state index contributed by atoms with van der Waals surface area (Å²) < 4.78 is 73.7. The Bertz CT molecular complexity index is 1400. The predicted molar refractivity (Wildman–Crippen MR) is 109 cm³/mol. The fraction of sp³-hybridized carbons (Fsp3) is 0.150. The first-order valence-electron chi connectivity index (χ1n) is 9.30. The van der Waals surface area contributed by atoms with E-state index in [-0.39, 0.29) is 29.0 Å². The lowest BCUT2D eigenvalue weighted by Crippen LogP contribution is -2.11. The summed E-state index contributed by atoms with van der Waals surface area (Å²) in [6.45, 7) is -0.0319. The second kappa shape index (κ2) is 8.33. The van der Waals surface area contributed by atoms with Gasteiger partial charge in [0.15, 0.2) is 0 Å². The van der Waals surface area contributed by atoms with Gasteiger partial charge in [-0.1, -0.05) is 17.3 Å². The van der Waals surface area contributed by atoms with Crippen LogP contribution in [0.1, 0.15) is 11.3 Å². The Kier molecular flexibility index (Phi) is 5.68. The third-order valence-corrected chi connectivity index (χ3v) is 5.61. The Labute approximate surface area is 185 Å². The maximum Gasteiger partial charge on any atom is 0.416 e. The summed E-state index contributed by atoms with van der Waals surface area (Å²) in [7, 11) is -2.25. The van der Waals surface area contributed by atoms with E-state index in [0.717, 1.165) is 12.1 Å². The summed E-state index contributed by atoms with van der Waals surface area (Å²) in [5, 5.41) is 13.2. The average molecular weight is 479 g/mol. The van der Waals surface area contributed by atoms with Crippen LogP contribution in [-0.2, 0) is 29.9 Å². The molecule has 0 saturated carbocycles. The molecular weight excluding hydrogens is 463 g/mol. The van der Waals surface area contributed by atoms with Gasteiger partial charge in [0.1, 0.15) is 12.4 Å². The largest absolute Gasteiger partial charge is 0.487 e. The SMILES string of the molecule is Cn1ncc(-c2nc(-c3cccc(S(N)(=O)=O)c3)no2)c1COc1ccc(C(F)(F)F)cc1. The molecule has 0 saturated heterocycles. The van der Waals surface area contributed by atoms with E-state index in [4.69, 9.17) is 14.4 Å². The van der Waals surface area contributed by atoms with E-state index >= 15 is 0 Å². The van der Waals surface area contributed by atoms with Crippen LogP contribution in [-0.4, -0.2) is 28.3 Å². The minimum Gasteiger partial charge on any atom is -0.487 e. The Balaban J connectivity index is 1.56. The predicted octanol–water partition coefficient (Wildman–Crippen LogP) is 3.38. The van der Waals surface area contributed by atoms with Gasteiger partial charge in [-0.25, -0.2) is 13.6 Å². The highest BCUT2D eigenvalue weighted by molar-refractivity contribution is 7.89. The molecule has 0 radical (unpaired) electrons. The van der Waals surface area contributed by atoms with Crippen molar-refractivity contribution < 1.29 is 30.8 Å². The van der Waals surface area contributed by atoms with E-state index in [9.17, 15) is 21.6 Å². The van der Waals surface area contributed by atoms with Crippen LogP contribution >= 0.6 is 0 Å². The van der Waals surface area contributed by atoms with Crippen molar-refractivity contribution in [2.75, 3.05) is 0 Å². The number of nitrogens with zero attached hydrogens (tertiary/aromatic N) is 4. The standard InChI is InChI=1S/C20H16F3N5O4S/c1-28-17(11-31-14-7-5-13(6-8-14)20(21,22)23)16(10-25-28)19-26-18(27-32-19)12-3-2-4-15(9-12)33(24,29)30/h2-10H,11H2,1H3,(H2,24,29,30). The molecule has 0 aliphatic carbocycles. The third kappa shape index (κ3) is 4.88. The number of halogens is 3. The number of hydrogen-bond donors (Lipinski definition) is 1. The molecule has 13 heteroatoms. The van der Waals surface area contributed by atoms with Gasteiger partial charge >= 0.3 is 6.18 Å². The molecule has 2 N–H and O–H groups in total. The number of aryl methyl sites for hydroxylation is 1. The van der Waals surface area contributed by atoms with Gasteiger partial charge in [0, 0.05) is 12.6 Å². The van der Waals surface area contributed by atoms with E-state index in [0.29, 0.717) is 16.8 Å². The molecular formula is C20H16F3N5O4S. The summed E-state index contributed by atoms with van der Waals surface area (Å²) in [4.78, 5) is 4.20. The molecule has 0 amide bonds. The highest BCUT2D eigenvalue weighted by Crippen LogP contribution is 2.31. The number of aromatic nitrogens is 4. The minimum atomic E-state index is -4.43. The van der Waals surface area contributed by atoms with Gasteiger partial charge in [-0.2, -0.15) is 23.3 Å². The molecule has 2 heterocycles. The van der Waals surface area contributed by atoms with Crippen molar-refractivity contribution in [3.05, 3.63) is 66.0 Å². The molecule has 0 atom stereocenters. The number of rotatable bonds is 6. The smallest absolute Gasteiger partial charge is 0.416 e. The number of nitrogens with two attached hydrogens (primary N) is 1. The molecule has 4 rings (SSSR count). The Morgan fingerprint density at radius 3 is 2.55 bits per heavy atom. The third-order valence-electron chi connectivity index (χ3n) is 4.70. The number of sulfonamides is 1. The van der Waals surface area contributed by atoms with Crippen molar-refractivity contribution >= 4 is 10.0 Å². The van der Waals surface area contributed by atoms with E-state index in [1.807, 2.05) is 0 Å². The van der Waals surface area contributed by atoms with Crippen LogP contribution in [0.3, 0.4) is 0 Å². The number of primary sulfonamides is 1. The molecule has 0 fully saturated rings. The summed E-state index contributed by atoms with van der Waals surface area (Å²) in [5.74, 6) is 0.472. The zero-order chi connectivity index (χ0) is 23.8. The zero-order valence-corrected chi connectivity index (χ0v) is 17.8. The van der Waals surface area contributed by atoms with Crippen LogP contribution in [0.25, 0.3) is 22.8 Å². The molecule has 9 nitrogen and oxygen atoms in total. The van der Waals surface area contributed by atoms with E-state index in [2.05, 4.69) is 15.2 Å². The molecule has 4 aromatic rings. The summed E-state index contributed by atoms with van der Waals surface area (Å²) in [6, 6.07) is 10.1. The topological polar surface area (TPSA) is 126 Å². The van der Waals surface area contributed by atoms with Crippen molar-refractivity contribution in [1.82, 2.24) is 19.9 Å². The Morgan fingerprint density at radius 1 is 1.15 bits per heavy atom. The number of ether oxygens (including phenoxy) is 1. The number of hydrogen-bond acceptors (Lipinski definition) is 7. The molecule has 2 aromatic carbocycles. The van der Waals surface area contributed by atoms with Crippen molar-refractivity contribution in [1.29, 1.82) is 0 Å². The van der Waals surface area contributed by atoms with Crippen LogP contribution in [0, 0.1) is 0 Å². The van der Waals surface area contributed by atoms with Crippen molar-refractivity contribution in [2.24, 2.45) is 12.2 Å². The molecule has 0 spiro atoms. The maximum absolute atomic E-state index is 12.7. The molecule has 172 valence electrons. The molecule has 0 bridgehead atoms. The fourth-order valence-corrected chi connectivity index (χ4v) is 3.53. The summed E-state index contributed by atoms with van der Waals surface area (Å²) >= 11 is 0. The van der Waals surface area contributed by atoms with Gasteiger partial charge in [-0.05, 0) is 36.4 Å². The second-order valence-corrected chi connectivity index (χ2v) is 8.50. The van der Waals surface area contributed by atoms with Crippen molar-refractivity contribution in [3.63, 3.8) is 0 Å². The van der Waals surface area contributed by atoms with Gasteiger partial charge in [-0.3, -0.25) is 4.68 Å². The van der Waals surface area contributed by atoms with Gasteiger partial charge < -0.3 is 9.26 Å². The van der Waals surface area contributed by atoms with Gasteiger partial charge in [-0.15, -0.1) is 0 Å². The van der Waals surface area contributed by atoms with Crippen LogP contribution in [0.5, 0.6) is 5.75 Å². The van der Waals surface area contributed by atoms with Gasteiger partial charge in [0.05, 0.1) is 27.9 Å². The minimum absolute atomic E-state index is 0.0319. The summed E-state index contributed by atoms with van der Waals surface area (Å²) in [6.07, 6.45) is -2.96. The van der Waals surface area contributed by atoms with Crippen LogP contribution in [0.4, 0.5) is 13.2 Å². The Morgan fingerprint density at radius 2 is 1.88 bits per heavy atom. The molecule has 0 aliphatic heterocycles. The van der Waals surface area contributed by atoms with Crippen LogP contribution in [0.15, 0.2) is 64.1 Å². The Hall–Kier alpha value is -3.71. The van der Waals surface area contributed by atoms with E-state index in [1.165, 1.54) is 41.2 Å². The molecule has 0 unspecified atom stereocenters. The van der Waals surface area contributed by atoms with Crippen LogP contribution in [0.2, 0.25) is 0 Å². The second-order valence-electron chi connectivity index (χ2n) is 6.94. The van der Waals surface area contributed by atoms with Crippen molar-refractivity contribution in [3.8, 4) is 28.6 Å². The maximum atomic E-state index is 12.7. The lowest BCUT2D eigenvalue weighted by Gasteiger charge is -2.10. The van der Waals surface area contributed by atoms with E-state index < -0.39 is 21.8 Å². The van der Waals surface area contributed by atoms with Crippen LogP contribution < -0.4 is 9.88 Å². The number of alkyl halides is 3. The zero-order valence-electron chi connectivity index (χ0n) is 16.9. The highest BCUT2D eigenvalue weighted by Gasteiger charge is 2.30. The summed E-state index contributed by atoms with van der Waals surface area (Å²) in [5.41, 5.74) is 0.582. The van der Waals surface area contributed by atoms with Crippen molar-refractivity contribution in [2.45, 2.75) is 17.7 Å². The molecule has 0 aliphatic rings. The van der Waals surface area contributed by atoms with Gasteiger partial charge in [0.2, 0.25) is 15.8 Å².